The molecule has 3 aliphatic rings. The zero-order chi connectivity index (χ0) is 14.6. The van der Waals surface area contributed by atoms with Crippen LogP contribution >= 0.6 is 0 Å². The van der Waals surface area contributed by atoms with Gasteiger partial charge in [0.1, 0.15) is 5.82 Å². The average molecular weight is 284 g/mol. The molecular weight excluding hydrogens is 275 g/mol. The van der Waals surface area contributed by atoms with Crippen molar-refractivity contribution in [2.45, 2.75) is 6.10 Å². The highest BCUT2D eigenvalue weighted by molar-refractivity contribution is 6.23. The lowest BCUT2D eigenvalue weighted by molar-refractivity contribution is -0.113. The fourth-order valence-electron chi connectivity index (χ4n) is 2.74. The molecule has 0 saturated heterocycles. The van der Waals surface area contributed by atoms with Crippen molar-refractivity contribution in [1.82, 2.24) is 0 Å². The van der Waals surface area contributed by atoms with E-state index >= 15 is 0 Å². The van der Waals surface area contributed by atoms with Crippen molar-refractivity contribution in [1.29, 1.82) is 0 Å². The highest BCUT2D eigenvalue weighted by atomic mass is 19.1. The first-order valence-electron chi connectivity index (χ1n) is 6.42. The van der Waals surface area contributed by atoms with Crippen molar-refractivity contribution in [2.24, 2.45) is 11.1 Å². The molecular formula is C15H9FN2O3. The Bertz CT molecular complexity index is 779. The van der Waals surface area contributed by atoms with E-state index in [9.17, 15) is 14.0 Å². The van der Waals surface area contributed by atoms with Crippen LogP contribution < -0.4 is 5.32 Å². The number of ketones is 2. The first kappa shape index (κ1) is 12.0. The van der Waals surface area contributed by atoms with Gasteiger partial charge in [0.15, 0.2) is 11.9 Å². The van der Waals surface area contributed by atoms with Crippen LogP contribution in [0.15, 0.2) is 46.8 Å². The number of nitrogens with one attached hydrogen (secondary N) is 1. The van der Waals surface area contributed by atoms with Crippen molar-refractivity contribution in [3.05, 3.63) is 53.0 Å². The molecule has 1 aliphatic carbocycles. The Kier molecular flexibility index (Phi) is 2.35. The van der Waals surface area contributed by atoms with E-state index in [4.69, 9.17) is 4.84 Å². The molecule has 0 fully saturated rings. The van der Waals surface area contributed by atoms with Gasteiger partial charge in [-0.15, -0.1) is 0 Å². The molecule has 1 aromatic rings. The first-order valence-corrected chi connectivity index (χ1v) is 6.42. The Morgan fingerprint density at radius 1 is 1.29 bits per heavy atom. The summed E-state index contributed by atoms with van der Waals surface area (Å²) in [5.74, 6) is -1.25. The van der Waals surface area contributed by atoms with Crippen LogP contribution in [-0.2, 0) is 9.63 Å². The highest BCUT2D eigenvalue weighted by Gasteiger charge is 2.40. The Balaban J connectivity index is 1.85. The minimum atomic E-state index is -0.604. The van der Waals surface area contributed by atoms with Gasteiger partial charge in [0, 0.05) is 5.56 Å². The van der Waals surface area contributed by atoms with E-state index in [1.54, 1.807) is 12.3 Å². The number of Topliss-reactive ketones (excluding diaryl/α,β-unsaturated/α-hetero) is 1. The third-order valence-corrected chi connectivity index (χ3v) is 3.76. The number of hydrogen-bond donors (Lipinski definition) is 1. The van der Waals surface area contributed by atoms with Crippen molar-refractivity contribution >= 4 is 23.5 Å². The zero-order valence-corrected chi connectivity index (χ0v) is 10.7. The zero-order valence-electron chi connectivity index (χ0n) is 10.7. The van der Waals surface area contributed by atoms with Gasteiger partial charge in [0.2, 0.25) is 5.78 Å². The molecule has 0 aromatic heterocycles. The van der Waals surface area contributed by atoms with Crippen molar-refractivity contribution in [2.75, 3.05) is 5.32 Å². The van der Waals surface area contributed by atoms with Gasteiger partial charge in [-0.2, -0.15) is 0 Å². The Labute approximate surface area is 118 Å². The van der Waals surface area contributed by atoms with Gasteiger partial charge in [-0.05, 0) is 24.3 Å². The fourth-order valence-corrected chi connectivity index (χ4v) is 2.74. The molecule has 104 valence electrons. The molecule has 2 unspecified atom stereocenters. The predicted molar refractivity (Wildman–Crippen MR) is 72.4 cm³/mol. The largest absolute Gasteiger partial charge is 0.387 e. The van der Waals surface area contributed by atoms with E-state index < -0.39 is 11.9 Å². The standard InChI is InChI=1S/C15H9FN2O3/c16-8-2-3-9-10(5-8)18-13(14(9)20)12-11(19)4-1-7-6-17-21-15(7)12/h1-7,15,18H. The van der Waals surface area contributed by atoms with Gasteiger partial charge in [-0.3, -0.25) is 9.59 Å². The minimum absolute atomic E-state index is 0.144. The summed E-state index contributed by atoms with van der Waals surface area (Å²) in [6.45, 7) is 0. The Morgan fingerprint density at radius 2 is 2.14 bits per heavy atom. The molecule has 2 heterocycles. The van der Waals surface area contributed by atoms with Crippen LogP contribution in [0.1, 0.15) is 10.4 Å². The Morgan fingerprint density at radius 3 is 3.00 bits per heavy atom. The molecule has 1 N–H and O–H groups in total. The summed E-state index contributed by atoms with van der Waals surface area (Å²) < 4.78 is 13.3. The molecule has 0 saturated carbocycles. The number of oxime groups is 1. The number of benzene rings is 1. The molecule has 2 aliphatic heterocycles. The number of allylic oxidation sites excluding steroid dienone is 2. The predicted octanol–water partition coefficient (Wildman–Crippen LogP) is 1.83. The number of carbonyl (C=O) groups is 2. The summed E-state index contributed by atoms with van der Waals surface area (Å²) in [7, 11) is 0. The molecule has 6 heteroatoms. The van der Waals surface area contributed by atoms with Crippen LogP contribution in [0.25, 0.3) is 0 Å². The minimum Gasteiger partial charge on any atom is -0.387 e. The molecule has 0 bridgehead atoms. The van der Waals surface area contributed by atoms with Crippen LogP contribution in [0.3, 0.4) is 0 Å². The molecule has 4 rings (SSSR count). The number of halogens is 1. The van der Waals surface area contributed by atoms with Crippen LogP contribution in [0, 0.1) is 11.7 Å². The second-order valence-corrected chi connectivity index (χ2v) is 5.01. The number of nitrogens with zero attached hydrogens (tertiary/aromatic N) is 1. The summed E-state index contributed by atoms with van der Waals surface area (Å²) in [6.07, 6.45) is 4.08. The van der Waals surface area contributed by atoms with E-state index in [-0.39, 0.29) is 28.8 Å². The van der Waals surface area contributed by atoms with Gasteiger partial charge in [0.25, 0.3) is 0 Å². The molecule has 5 nitrogen and oxygen atoms in total. The molecule has 2 atom stereocenters. The van der Waals surface area contributed by atoms with E-state index in [2.05, 4.69) is 10.5 Å². The van der Waals surface area contributed by atoms with E-state index in [1.807, 2.05) is 0 Å². The number of rotatable bonds is 0. The summed E-state index contributed by atoms with van der Waals surface area (Å²) in [4.78, 5) is 29.8. The second-order valence-electron chi connectivity index (χ2n) is 5.01. The monoisotopic (exact) mass is 284 g/mol. The third kappa shape index (κ3) is 1.65. The number of hydrogen-bond acceptors (Lipinski definition) is 5. The quantitative estimate of drug-likeness (QED) is 0.738. The normalized spacial score (nSPS) is 29.2. The van der Waals surface area contributed by atoms with Gasteiger partial charge in [-0.1, -0.05) is 11.2 Å². The van der Waals surface area contributed by atoms with Crippen LogP contribution in [0.5, 0.6) is 0 Å². The van der Waals surface area contributed by atoms with Gasteiger partial charge in [-0.25, -0.2) is 4.39 Å². The third-order valence-electron chi connectivity index (χ3n) is 3.76. The van der Waals surface area contributed by atoms with E-state index in [1.165, 1.54) is 24.3 Å². The smallest absolute Gasteiger partial charge is 0.211 e. The molecule has 0 radical (unpaired) electrons. The Hall–Kier alpha value is -2.76. The lowest BCUT2D eigenvalue weighted by Gasteiger charge is -2.21. The molecule has 0 amide bonds. The summed E-state index contributed by atoms with van der Waals surface area (Å²) in [5.41, 5.74) is 1.09. The molecule has 1 aromatic carbocycles. The fraction of sp³-hybridized carbons (Fsp3) is 0.133. The lowest BCUT2D eigenvalue weighted by atomic mass is 9.86. The van der Waals surface area contributed by atoms with E-state index in [0.717, 1.165) is 0 Å². The lowest BCUT2D eigenvalue weighted by Crippen LogP contribution is -2.31. The maximum absolute atomic E-state index is 13.3. The molecule has 21 heavy (non-hydrogen) atoms. The number of fused-ring (bicyclic) bond motifs is 2. The van der Waals surface area contributed by atoms with Crippen molar-refractivity contribution < 1.29 is 18.8 Å². The summed E-state index contributed by atoms with van der Waals surface area (Å²) in [6, 6.07) is 3.85. The maximum atomic E-state index is 13.3. The van der Waals surface area contributed by atoms with Crippen LogP contribution in [0.2, 0.25) is 0 Å². The van der Waals surface area contributed by atoms with Crippen LogP contribution in [0.4, 0.5) is 10.1 Å². The van der Waals surface area contributed by atoms with Gasteiger partial charge < -0.3 is 10.2 Å². The van der Waals surface area contributed by atoms with Gasteiger partial charge in [0.05, 0.1) is 29.1 Å². The molecule has 0 spiro atoms. The van der Waals surface area contributed by atoms with E-state index in [0.29, 0.717) is 11.3 Å². The topological polar surface area (TPSA) is 67.8 Å². The van der Waals surface area contributed by atoms with Crippen LogP contribution in [-0.4, -0.2) is 23.9 Å². The maximum Gasteiger partial charge on any atom is 0.211 e. The number of carbonyl (C=O) groups excluding carboxylic acids is 2. The van der Waals surface area contributed by atoms with Gasteiger partial charge >= 0.3 is 0 Å². The number of anilines is 1. The van der Waals surface area contributed by atoms with Crippen molar-refractivity contribution in [3.63, 3.8) is 0 Å². The SMILES string of the molecule is O=C1C=CC2C=NOC2C1=C1Nc2cc(F)ccc2C1=O. The summed E-state index contributed by atoms with van der Waals surface area (Å²) in [5, 5.41) is 6.55. The van der Waals surface area contributed by atoms with Crippen molar-refractivity contribution in [3.8, 4) is 0 Å². The summed E-state index contributed by atoms with van der Waals surface area (Å²) >= 11 is 0. The second kappa shape index (κ2) is 4.12. The average Bonchev–Trinajstić information content (AvgIpc) is 3.04. The highest BCUT2D eigenvalue weighted by Crippen LogP contribution is 2.35. The first-order chi connectivity index (χ1) is 10.1.